The molecule has 1 aliphatic heterocycles. The average Bonchev–Trinajstić information content (AvgIpc) is 3.06. The number of hydrogen-bond donors (Lipinski definition) is 2. The summed E-state index contributed by atoms with van der Waals surface area (Å²) in [6.07, 6.45) is 0.221. The molecule has 0 spiro atoms. The number of carbonyl (C=O) groups is 2. The van der Waals surface area contributed by atoms with E-state index in [9.17, 15) is 9.59 Å². The molecule has 2 heterocycles. The van der Waals surface area contributed by atoms with Gasteiger partial charge in [-0.1, -0.05) is 22.0 Å². The van der Waals surface area contributed by atoms with Gasteiger partial charge in [0.25, 0.3) is 0 Å². The maximum Gasteiger partial charge on any atom is 0.227 e. The van der Waals surface area contributed by atoms with Crippen LogP contribution in [-0.2, 0) is 9.59 Å². The summed E-state index contributed by atoms with van der Waals surface area (Å²) in [5.41, 5.74) is 1.67. The molecule has 1 aromatic carbocycles. The molecule has 1 unspecified atom stereocenters. The molecule has 1 aliphatic rings. The number of aryl methyl sites for hydroxylation is 1. The predicted octanol–water partition coefficient (Wildman–Crippen LogP) is 2.19. The Morgan fingerprint density at radius 1 is 1.28 bits per heavy atom. The SMILES string of the molecule is Cc1cc(N(C)C)nc(NCCNC(=O)C2CC(=O)N(c3cccc(Br)c3)C2)n1. The van der Waals surface area contributed by atoms with Crippen molar-refractivity contribution in [2.45, 2.75) is 13.3 Å². The molecule has 29 heavy (non-hydrogen) atoms. The van der Waals surface area contributed by atoms with Gasteiger partial charge in [-0.05, 0) is 25.1 Å². The highest BCUT2D eigenvalue weighted by atomic mass is 79.9. The van der Waals surface area contributed by atoms with E-state index in [4.69, 9.17) is 0 Å². The van der Waals surface area contributed by atoms with Crippen LogP contribution in [-0.4, -0.2) is 55.5 Å². The molecule has 154 valence electrons. The van der Waals surface area contributed by atoms with Crippen LogP contribution < -0.4 is 20.4 Å². The number of hydrogen-bond acceptors (Lipinski definition) is 6. The van der Waals surface area contributed by atoms with Crippen molar-refractivity contribution < 1.29 is 9.59 Å². The van der Waals surface area contributed by atoms with Gasteiger partial charge >= 0.3 is 0 Å². The highest BCUT2D eigenvalue weighted by Gasteiger charge is 2.34. The molecule has 9 heteroatoms. The molecule has 2 N–H and O–H groups in total. The smallest absolute Gasteiger partial charge is 0.227 e. The first-order valence-corrected chi connectivity index (χ1v) is 10.2. The van der Waals surface area contributed by atoms with Crippen molar-refractivity contribution in [1.82, 2.24) is 15.3 Å². The fourth-order valence-corrected chi connectivity index (χ4v) is 3.53. The Morgan fingerprint density at radius 2 is 2.07 bits per heavy atom. The zero-order valence-electron chi connectivity index (χ0n) is 16.8. The molecule has 1 aromatic heterocycles. The number of benzene rings is 1. The Morgan fingerprint density at radius 3 is 2.79 bits per heavy atom. The quantitative estimate of drug-likeness (QED) is 0.615. The van der Waals surface area contributed by atoms with Gasteiger partial charge in [0, 0.05) is 62.1 Å². The number of rotatable bonds is 7. The minimum atomic E-state index is -0.350. The van der Waals surface area contributed by atoms with E-state index in [2.05, 4.69) is 36.5 Å². The summed E-state index contributed by atoms with van der Waals surface area (Å²) < 4.78 is 0.901. The van der Waals surface area contributed by atoms with E-state index in [0.29, 0.717) is 25.6 Å². The lowest BCUT2D eigenvalue weighted by Gasteiger charge is -2.17. The minimum absolute atomic E-state index is 0.0363. The molecule has 0 aliphatic carbocycles. The van der Waals surface area contributed by atoms with E-state index in [1.165, 1.54) is 0 Å². The van der Waals surface area contributed by atoms with E-state index in [1.807, 2.05) is 56.3 Å². The van der Waals surface area contributed by atoms with Crippen molar-refractivity contribution in [3.8, 4) is 0 Å². The molecular weight excluding hydrogens is 436 g/mol. The zero-order chi connectivity index (χ0) is 21.0. The number of nitrogens with zero attached hydrogens (tertiary/aromatic N) is 4. The third-order valence-electron chi connectivity index (χ3n) is 4.62. The second-order valence-corrected chi connectivity index (χ2v) is 8.10. The van der Waals surface area contributed by atoms with Gasteiger partial charge in [-0.25, -0.2) is 4.98 Å². The van der Waals surface area contributed by atoms with Crippen LogP contribution in [0, 0.1) is 12.8 Å². The van der Waals surface area contributed by atoms with E-state index in [0.717, 1.165) is 21.7 Å². The van der Waals surface area contributed by atoms with Crippen LogP contribution in [0.2, 0.25) is 0 Å². The monoisotopic (exact) mass is 460 g/mol. The van der Waals surface area contributed by atoms with Crippen LogP contribution in [0.3, 0.4) is 0 Å². The summed E-state index contributed by atoms with van der Waals surface area (Å²) in [5, 5.41) is 6.03. The lowest BCUT2D eigenvalue weighted by molar-refractivity contribution is -0.126. The molecule has 0 saturated carbocycles. The van der Waals surface area contributed by atoms with Crippen LogP contribution in [0.5, 0.6) is 0 Å². The lowest BCUT2D eigenvalue weighted by Crippen LogP contribution is -2.35. The fraction of sp³-hybridized carbons (Fsp3) is 0.400. The fourth-order valence-electron chi connectivity index (χ4n) is 3.14. The summed E-state index contributed by atoms with van der Waals surface area (Å²) in [4.78, 5) is 37.2. The molecule has 2 amide bonds. The standard InChI is InChI=1S/C20H25BrN6O2/c1-13-9-17(26(2)3)25-20(24-13)23-8-7-22-19(29)14-10-18(28)27(12-14)16-6-4-5-15(21)11-16/h4-6,9,11,14H,7-8,10,12H2,1-3H3,(H,22,29)(H,23,24,25). The highest BCUT2D eigenvalue weighted by molar-refractivity contribution is 9.10. The molecular formula is C20H25BrN6O2. The van der Waals surface area contributed by atoms with Gasteiger partial charge in [-0.3, -0.25) is 9.59 Å². The first-order valence-electron chi connectivity index (χ1n) is 9.44. The van der Waals surface area contributed by atoms with Gasteiger partial charge in [0.1, 0.15) is 5.82 Å². The van der Waals surface area contributed by atoms with Gasteiger partial charge in [-0.2, -0.15) is 4.98 Å². The van der Waals surface area contributed by atoms with Crippen LogP contribution in [0.15, 0.2) is 34.8 Å². The molecule has 3 rings (SSSR count). The maximum atomic E-state index is 12.5. The second-order valence-electron chi connectivity index (χ2n) is 7.19. The molecule has 2 aromatic rings. The number of carbonyl (C=O) groups excluding carboxylic acids is 2. The molecule has 1 atom stereocenters. The van der Waals surface area contributed by atoms with Crippen LogP contribution >= 0.6 is 15.9 Å². The largest absolute Gasteiger partial charge is 0.363 e. The van der Waals surface area contributed by atoms with Crippen LogP contribution in [0.1, 0.15) is 12.1 Å². The molecule has 8 nitrogen and oxygen atoms in total. The average molecular weight is 461 g/mol. The summed E-state index contributed by atoms with van der Waals surface area (Å²) in [6, 6.07) is 9.44. The summed E-state index contributed by atoms with van der Waals surface area (Å²) >= 11 is 3.41. The number of halogens is 1. The minimum Gasteiger partial charge on any atom is -0.363 e. The van der Waals surface area contributed by atoms with Crippen molar-refractivity contribution >= 4 is 45.2 Å². The molecule has 0 radical (unpaired) electrons. The first kappa shape index (κ1) is 21.0. The van der Waals surface area contributed by atoms with Crippen molar-refractivity contribution in [2.75, 3.05) is 48.8 Å². The van der Waals surface area contributed by atoms with Crippen LogP contribution in [0.25, 0.3) is 0 Å². The Balaban J connectivity index is 1.48. The van der Waals surface area contributed by atoms with Gasteiger partial charge in [0.2, 0.25) is 17.8 Å². The highest BCUT2D eigenvalue weighted by Crippen LogP contribution is 2.27. The summed E-state index contributed by atoms with van der Waals surface area (Å²) in [5.74, 6) is 0.848. The number of anilines is 3. The summed E-state index contributed by atoms with van der Waals surface area (Å²) in [6.45, 7) is 3.23. The third-order valence-corrected chi connectivity index (χ3v) is 5.12. The topological polar surface area (TPSA) is 90.5 Å². The van der Waals surface area contributed by atoms with E-state index in [-0.39, 0.29) is 24.2 Å². The van der Waals surface area contributed by atoms with Crippen molar-refractivity contribution in [3.05, 3.63) is 40.5 Å². The zero-order valence-corrected chi connectivity index (χ0v) is 18.4. The van der Waals surface area contributed by atoms with E-state index in [1.54, 1.807) is 4.90 Å². The van der Waals surface area contributed by atoms with E-state index < -0.39 is 0 Å². The van der Waals surface area contributed by atoms with Crippen LogP contribution in [0.4, 0.5) is 17.5 Å². The third kappa shape index (κ3) is 5.44. The molecule has 0 bridgehead atoms. The number of amides is 2. The second kappa shape index (κ2) is 9.21. The predicted molar refractivity (Wildman–Crippen MR) is 117 cm³/mol. The van der Waals surface area contributed by atoms with E-state index >= 15 is 0 Å². The van der Waals surface area contributed by atoms with Crippen molar-refractivity contribution in [3.63, 3.8) is 0 Å². The van der Waals surface area contributed by atoms with Crippen molar-refractivity contribution in [2.24, 2.45) is 5.92 Å². The Bertz CT molecular complexity index is 904. The molecule has 1 saturated heterocycles. The Labute approximate surface area is 178 Å². The number of nitrogens with one attached hydrogen (secondary N) is 2. The van der Waals surface area contributed by atoms with Gasteiger partial charge < -0.3 is 20.4 Å². The number of aromatic nitrogens is 2. The summed E-state index contributed by atoms with van der Waals surface area (Å²) in [7, 11) is 3.85. The first-order chi connectivity index (χ1) is 13.8. The van der Waals surface area contributed by atoms with Gasteiger partial charge in [-0.15, -0.1) is 0 Å². The van der Waals surface area contributed by atoms with Gasteiger partial charge in [0.05, 0.1) is 5.92 Å². The Kier molecular flexibility index (Phi) is 6.68. The van der Waals surface area contributed by atoms with Gasteiger partial charge in [0.15, 0.2) is 0 Å². The maximum absolute atomic E-state index is 12.5. The normalized spacial score (nSPS) is 16.1. The lowest BCUT2D eigenvalue weighted by atomic mass is 10.1. The Hall–Kier alpha value is -2.68. The molecule has 1 fully saturated rings. The van der Waals surface area contributed by atoms with Crippen molar-refractivity contribution in [1.29, 1.82) is 0 Å².